The van der Waals surface area contributed by atoms with Crippen LogP contribution in [0.15, 0.2) is 0 Å². The first-order valence-electron chi connectivity index (χ1n) is 5.05. The second-order valence-electron chi connectivity index (χ2n) is 3.48. The lowest BCUT2D eigenvalue weighted by Crippen LogP contribution is -2.47. The maximum absolute atomic E-state index is 12.2. The number of rotatable bonds is 7. The standard InChI is InChI=1S/C8H17F3N2O3S/c1-2-7(5-12)17(15,16)13(3-4-14)6-8(9,10)11/h7,14H,2-6,12H2,1H3. The van der Waals surface area contributed by atoms with E-state index in [0.717, 1.165) is 0 Å². The van der Waals surface area contributed by atoms with Crippen molar-refractivity contribution < 1.29 is 26.7 Å². The van der Waals surface area contributed by atoms with E-state index in [9.17, 15) is 21.6 Å². The molecule has 0 amide bonds. The second kappa shape index (κ2) is 6.53. The highest BCUT2D eigenvalue weighted by Crippen LogP contribution is 2.20. The van der Waals surface area contributed by atoms with Crippen LogP contribution in [0.25, 0.3) is 0 Å². The van der Waals surface area contributed by atoms with Crippen LogP contribution in [0.5, 0.6) is 0 Å². The van der Waals surface area contributed by atoms with Gasteiger partial charge in [-0.3, -0.25) is 0 Å². The van der Waals surface area contributed by atoms with Crippen molar-refractivity contribution in [3.63, 3.8) is 0 Å². The molecule has 5 nitrogen and oxygen atoms in total. The van der Waals surface area contributed by atoms with Crippen LogP contribution >= 0.6 is 0 Å². The molecule has 0 rings (SSSR count). The fourth-order valence-corrected chi connectivity index (χ4v) is 3.07. The highest BCUT2D eigenvalue weighted by molar-refractivity contribution is 7.89. The number of hydrogen-bond donors (Lipinski definition) is 2. The minimum atomic E-state index is -4.64. The van der Waals surface area contributed by atoms with Crippen molar-refractivity contribution in [1.29, 1.82) is 0 Å². The number of aliphatic hydroxyl groups is 1. The van der Waals surface area contributed by atoms with Gasteiger partial charge in [0.05, 0.1) is 11.9 Å². The molecule has 0 aromatic carbocycles. The zero-order chi connectivity index (χ0) is 13.7. The van der Waals surface area contributed by atoms with Gasteiger partial charge in [-0.15, -0.1) is 0 Å². The zero-order valence-corrected chi connectivity index (χ0v) is 10.3. The van der Waals surface area contributed by atoms with Crippen LogP contribution < -0.4 is 5.73 Å². The van der Waals surface area contributed by atoms with Crippen LogP contribution in [0.3, 0.4) is 0 Å². The lowest BCUT2D eigenvalue weighted by atomic mass is 10.3. The second-order valence-corrected chi connectivity index (χ2v) is 5.70. The first-order chi connectivity index (χ1) is 7.69. The molecule has 0 bridgehead atoms. The maximum Gasteiger partial charge on any atom is 0.402 e. The molecule has 0 spiro atoms. The van der Waals surface area contributed by atoms with Crippen LogP contribution in [0, 0.1) is 0 Å². The van der Waals surface area contributed by atoms with Gasteiger partial charge in [-0.05, 0) is 6.42 Å². The Morgan fingerprint density at radius 3 is 2.24 bits per heavy atom. The normalized spacial score (nSPS) is 15.2. The average molecular weight is 278 g/mol. The van der Waals surface area contributed by atoms with Crippen molar-refractivity contribution in [3.8, 4) is 0 Å². The molecule has 3 N–H and O–H groups in total. The topological polar surface area (TPSA) is 83.6 Å². The van der Waals surface area contributed by atoms with E-state index in [0.29, 0.717) is 0 Å². The molecule has 0 aromatic heterocycles. The van der Waals surface area contributed by atoms with E-state index in [4.69, 9.17) is 10.8 Å². The number of hydrogen-bond acceptors (Lipinski definition) is 4. The summed E-state index contributed by atoms with van der Waals surface area (Å²) in [5.41, 5.74) is 5.22. The molecule has 1 atom stereocenters. The van der Waals surface area contributed by atoms with Gasteiger partial charge in [0.25, 0.3) is 0 Å². The van der Waals surface area contributed by atoms with E-state index in [1.54, 1.807) is 0 Å². The molecule has 9 heteroatoms. The molecule has 0 aromatic rings. The molecular formula is C8H17F3N2O3S. The summed E-state index contributed by atoms with van der Waals surface area (Å²) >= 11 is 0. The maximum atomic E-state index is 12.2. The fraction of sp³-hybridized carbons (Fsp3) is 1.00. The van der Waals surface area contributed by atoms with Gasteiger partial charge in [0, 0.05) is 13.1 Å². The average Bonchev–Trinajstić information content (AvgIpc) is 2.16. The van der Waals surface area contributed by atoms with Gasteiger partial charge < -0.3 is 10.8 Å². The Balaban J connectivity index is 5.03. The van der Waals surface area contributed by atoms with Crippen molar-refractivity contribution in [2.75, 3.05) is 26.2 Å². The first-order valence-corrected chi connectivity index (χ1v) is 6.56. The summed E-state index contributed by atoms with van der Waals surface area (Å²) in [5.74, 6) is 0. The summed E-state index contributed by atoms with van der Waals surface area (Å²) in [7, 11) is -4.13. The van der Waals surface area contributed by atoms with E-state index in [2.05, 4.69) is 0 Å². The van der Waals surface area contributed by atoms with Crippen LogP contribution in [0.4, 0.5) is 13.2 Å². The lowest BCUT2D eigenvalue weighted by molar-refractivity contribution is -0.136. The molecule has 0 aliphatic carbocycles. The monoisotopic (exact) mass is 278 g/mol. The van der Waals surface area contributed by atoms with Gasteiger partial charge in [-0.25, -0.2) is 8.42 Å². The molecule has 0 aliphatic rings. The number of aliphatic hydroxyl groups excluding tert-OH is 1. The molecular weight excluding hydrogens is 261 g/mol. The highest BCUT2D eigenvalue weighted by atomic mass is 32.2. The Labute approximate surface area is 98.4 Å². The number of sulfonamides is 1. The van der Waals surface area contributed by atoms with Crippen LogP contribution in [-0.2, 0) is 10.0 Å². The van der Waals surface area contributed by atoms with Gasteiger partial charge >= 0.3 is 6.18 Å². The summed E-state index contributed by atoms with van der Waals surface area (Å²) in [6.07, 6.45) is -4.52. The predicted molar refractivity (Wildman–Crippen MR) is 56.8 cm³/mol. The minimum Gasteiger partial charge on any atom is -0.395 e. The molecule has 0 aliphatic heterocycles. The highest BCUT2D eigenvalue weighted by Gasteiger charge is 2.38. The minimum absolute atomic E-state index is 0.124. The van der Waals surface area contributed by atoms with E-state index < -0.39 is 41.1 Å². The molecule has 0 fully saturated rings. The van der Waals surface area contributed by atoms with E-state index in [1.165, 1.54) is 6.92 Å². The van der Waals surface area contributed by atoms with Gasteiger partial charge in [0.1, 0.15) is 6.54 Å². The number of halogens is 3. The Morgan fingerprint density at radius 2 is 1.94 bits per heavy atom. The Bertz CT molecular complexity index is 314. The SMILES string of the molecule is CCC(CN)S(=O)(=O)N(CCO)CC(F)(F)F. The zero-order valence-electron chi connectivity index (χ0n) is 9.44. The van der Waals surface area contributed by atoms with Crippen molar-refractivity contribution in [1.82, 2.24) is 4.31 Å². The Hall–Kier alpha value is -0.380. The van der Waals surface area contributed by atoms with Crippen molar-refractivity contribution in [3.05, 3.63) is 0 Å². The van der Waals surface area contributed by atoms with Crippen molar-refractivity contribution in [2.24, 2.45) is 5.73 Å². The van der Waals surface area contributed by atoms with Gasteiger partial charge in [-0.1, -0.05) is 6.92 Å². The van der Waals surface area contributed by atoms with Crippen LogP contribution in [0.1, 0.15) is 13.3 Å². The van der Waals surface area contributed by atoms with E-state index in [-0.39, 0.29) is 17.3 Å². The summed E-state index contributed by atoms with van der Waals surface area (Å²) < 4.78 is 60.5. The molecule has 0 heterocycles. The van der Waals surface area contributed by atoms with E-state index >= 15 is 0 Å². The number of alkyl halides is 3. The third-order valence-electron chi connectivity index (χ3n) is 2.20. The quantitative estimate of drug-likeness (QED) is 0.682. The van der Waals surface area contributed by atoms with Crippen LogP contribution in [0.2, 0.25) is 0 Å². The Kier molecular flexibility index (Phi) is 6.38. The Morgan fingerprint density at radius 1 is 1.41 bits per heavy atom. The largest absolute Gasteiger partial charge is 0.402 e. The molecule has 0 saturated carbocycles. The molecule has 0 saturated heterocycles. The van der Waals surface area contributed by atoms with Gasteiger partial charge in [0.15, 0.2) is 0 Å². The fourth-order valence-electron chi connectivity index (χ4n) is 1.32. The molecule has 17 heavy (non-hydrogen) atoms. The summed E-state index contributed by atoms with van der Waals surface area (Å²) in [4.78, 5) is 0. The molecule has 0 radical (unpaired) electrons. The smallest absolute Gasteiger partial charge is 0.395 e. The summed E-state index contributed by atoms with van der Waals surface area (Å²) in [5, 5.41) is 7.56. The lowest BCUT2D eigenvalue weighted by Gasteiger charge is -2.26. The van der Waals surface area contributed by atoms with Gasteiger partial charge in [-0.2, -0.15) is 17.5 Å². The van der Waals surface area contributed by atoms with Crippen molar-refractivity contribution in [2.45, 2.75) is 24.8 Å². The van der Waals surface area contributed by atoms with Crippen molar-refractivity contribution >= 4 is 10.0 Å². The molecule has 104 valence electrons. The summed E-state index contributed by atoms with van der Waals surface area (Å²) in [6.45, 7) is -1.58. The number of nitrogens with two attached hydrogens (primary N) is 1. The predicted octanol–water partition coefficient (Wildman–Crippen LogP) is -0.0899. The third-order valence-corrected chi connectivity index (χ3v) is 4.60. The summed E-state index contributed by atoms with van der Waals surface area (Å²) in [6, 6.07) is 0. The number of nitrogens with zero attached hydrogens (tertiary/aromatic N) is 1. The third kappa shape index (κ3) is 5.19. The molecule has 1 unspecified atom stereocenters. The van der Waals surface area contributed by atoms with Crippen LogP contribution in [-0.4, -0.2) is 55.5 Å². The first kappa shape index (κ1) is 16.6. The van der Waals surface area contributed by atoms with E-state index in [1.807, 2.05) is 0 Å². The van der Waals surface area contributed by atoms with Gasteiger partial charge in [0.2, 0.25) is 10.0 Å².